The Morgan fingerprint density at radius 2 is 2.14 bits per heavy atom. The lowest BCUT2D eigenvalue weighted by Gasteiger charge is -2.27. The molecule has 0 fully saturated rings. The molecule has 0 unspecified atom stereocenters. The summed E-state index contributed by atoms with van der Waals surface area (Å²) in [5.74, 6) is -0.316. The van der Waals surface area contributed by atoms with Crippen LogP contribution in [0.15, 0.2) is 30.6 Å². The van der Waals surface area contributed by atoms with E-state index in [0.717, 1.165) is 10.6 Å². The number of carbonyl (C=O) groups excluding carboxylic acids is 1. The van der Waals surface area contributed by atoms with E-state index in [1.54, 1.807) is 24.3 Å². The van der Waals surface area contributed by atoms with Crippen molar-refractivity contribution in [3.63, 3.8) is 0 Å². The smallest absolute Gasteiger partial charge is 0.281 e. The van der Waals surface area contributed by atoms with E-state index in [9.17, 15) is 13.2 Å². The first kappa shape index (κ1) is 19.6. The maximum absolute atomic E-state index is 12.6. The minimum absolute atomic E-state index is 0.248. The van der Waals surface area contributed by atoms with Gasteiger partial charge in [-0.25, -0.2) is 9.67 Å². The Hall–Kier alpha value is -2.74. The first-order chi connectivity index (χ1) is 13.8. The number of thiazole rings is 1. The summed E-state index contributed by atoms with van der Waals surface area (Å²) >= 11 is 1.29. The second kappa shape index (κ2) is 7.59. The molecule has 0 aliphatic carbocycles. The Morgan fingerprint density at radius 1 is 1.31 bits per heavy atom. The average Bonchev–Trinajstić information content (AvgIpc) is 3.36. The molecule has 1 amide bonds. The summed E-state index contributed by atoms with van der Waals surface area (Å²) in [6.45, 7) is 0.608. The number of fused-ring (bicyclic) bond motifs is 1. The van der Waals surface area contributed by atoms with E-state index in [2.05, 4.69) is 25.8 Å². The van der Waals surface area contributed by atoms with Gasteiger partial charge in [0.15, 0.2) is 5.13 Å². The van der Waals surface area contributed by atoms with Crippen LogP contribution < -0.4 is 5.32 Å². The molecule has 2 aromatic heterocycles. The van der Waals surface area contributed by atoms with Crippen LogP contribution in [-0.2, 0) is 23.2 Å². The van der Waals surface area contributed by atoms with Gasteiger partial charge < -0.3 is 0 Å². The highest BCUT2D eigenvalue weighted by molar-refractivity contribution is 7.86. The summed E-state index contributed by atoms with van der Waals surface area (Å²) in [4.78, 5) is 17.9. The first-order valence-electron chi connectivity index (χ1n) is 8.65. The molecule has 1 N–H and O–H groups in total. The predicted molar refractivity (Wildman–Crippen MR) is 106 cm³/mol. The third kappa shape index (κ3) is 3.89. The number of aromatic nitrogens is 5. The van der Waals surface area contributed by atoms with Gasteiger partial charge in [0.25, 0.3) is 16.1 Å². The van der Waals surface area contributed by atoms with Crippen LogP contribution in [0.4, 0.5) is 5.13 Å². The molecule has 13 heteroatoms. The van der Waals surface area contributed by atoms with Crippen LogP contribution in [-0.4, -0.2) is 68.8 Å². The maximum atomic E-state index is 12.6. The molecule has 29 heavy (non-hydrogen) atoms. The summed E-state index contributed by atoms with van der Waals surface area (Å²) in [5.41, 5.74) is 1.91. The van der Waals surface area contributed by atoms with Crippen LogP contribution >= 0.6 is 11.3 Å². The summed E-state index contributed by atoms with van der Waals surface area (Å²) in [6.07, 6.45) is 1.95. The van der Waals surface area contributed by atoms with E-state index >= 15 is 0 Å². The summed E-state index contributed by atoms with van der Waals surface area (Å²) in [7, 11) is -0.473. The largest absolute Gasteiger partial charge is 0.298 e. The minimum atomic E-state index is -3.49. The zero-order valence-corrected chi connectivity index (χ0v) is 17.3. The Morgan fingerprint density at radius 3 is 2.86 bits per heavy atom. The van der Waals surface area contributed by atoms with Crippen LogP contribution in [0, 0.1) is 0 Å². The second-order valence-electron chi connectivity index (χ2n) is 6.52. The third-order valence-corrected chi connectivity index (χ3v) is 7.31. The predicted octanol–water partition coefficient (Wildman–Crippen LogP) is 0.536. The number of carbonyl (C=O) groups is 1. The SMILES string of the molecule is CN(C)S(=O)(=O)N1CCc2nc(NC(=O)c3cccc(-n4cnnn4)c3)sc2C1. The van der Waals surface area contributed by atoms with Gasteiger partial charge in [-0.3, -0.25) is 10.1 Å². The van der Waals surface area contributed by atoms with Gasteiger partial charge in [0.1, 0.15) is 6.33 Å². The van der Waals surface area contributed by atoms with E-state index < -0.39 is 10.2 Å². The highest BCUT2D eigenvalue weighted by Crippen LogP contribution is 2.30. The van der Waals surface area contributed by atoms with Crippen molar-refractivity contribution in [2.75, 3.05) is 26.0 Å². The average molecular weight is 435 g/mol. The molecule has 1 aromatic carbocycles. The highest BCUT2D eigenvalue weighted by atomic mass is 32.2. The molecule has 11 nitrogen and oxygen atoms in total. The number of nitrogens with zero attached hydrogens (tertiary/aromatic N) is 7. The number of hydrogen-bond donors (Lipinski definition) is 1. The Kier molecular flexibility index (Phi) is 5.12. The van der Waals surface area contributed by atoms with Crippen molar-refractivity contribution in [3.8, 4) is 5.69 Å². The van der Waals surface area contributed by atoms with Gasteiger partial charge in [0.05, 0.1) is 17.9 Å². The summed E-state index contributed by atoms with van der Waals surface area (Å²) in [6, 6.07) is 6.88. The van der Waals surface area contributed by atoms with Crippen molar-refractivity contribution in [2.45, 2.75) is 13.0 Å². The number of benzene rings is 1. The molecule has 0 saturated heterocycles. The maximum Gasteiger partial charge on any atom is 0.281 e. The lowest BCUT2D eigenvalue weighted by Crippen LogP contribution is -2.42. The summed E-state index contributed by atoms with van der Waals surface area (Å²) in [5, 5.41) is 14.2. The van der Waals surface area contributed by atoms with Gasteiger partial charge in [0.2, 0.25) is 0 Å². The van der Waals surface area contributed by atoms with Crippen LogP contribution in [0.3, 0.4) is 0 Å². The fraction of sp³-hybridized carbons (Fsp3) is 0.312. The molecule has 3 aromatic rings. The summed E-state index contributed by atoms with van der Waals surface area (Å²) < 4.78 is 28.8. The van der Waals surface area contributed by atoms with Gasteiger partial charge in [0, 0.05) is 37.5 Å². The number of rotatable bonds is 5. The molecule has 0 bridgehead atoms. The zero-order valence-electron chi connectivity index (χ0n) is 15.7. The number of amides is 1. The lowest BCUT2D eigenvalue weighted by atomic mass is 10.2. The molecule has 4 rings (SSSR count). The fourth-order valence-corrected chi connectivity index (χ4v) is 5.07. The van der Waals surface area contributed by atoms with Gasteiger partial charge >= 0.3 is 0 Å². The molecule has 0 radical (unpaired) electrons. The Balaban J connectivity index is 1.50. The van der Waals surface area contributed by atoms with Crippen LogP contribution in [0.5, 0.6) is 0 Å². The molecular weight excluding hydrogens is 416 g/mol. The van der Waals surface area contributed by atoms with E-state index in [1.165, 1.54) is 45.1 Å². The highest BCUT2D eigenvalue weighted by Gasteiger charge is 2.30. The number of anilines is 1. The quantitative estimate of drug-likeness (QED) is 0.621. The first-order valence-corrected chi connectivity index (χ1v) is 10.9. The normalized spacial score (nSPS) is 14.7. The molecular formula is C16H18N8O3S2. The van der Waals surface area contributed by atoms with E-state index in [4.69, 9.17) is 0 Å². The van der Waals surface area contributed by atoms with Gasteiger partial charge in [-0.05, 0) is 28.6 Å². The number of nitrogens with one attached hydrogen (secondary N) is 1. The van der Waals surface area contributed by atoms with E-state index in [0.29, 0.717) is 29.3 Å². The molecule has 152 valence electrons. The van der Waals surface area contributed by atoms with Gasteiger partial charge in [-0.2, -0.15) is 17.0 Å². The number of tetrazole rings is 1. The van der Waals surface area contributed by atoms with E-state index in [-0.39, 0.29) is 12.5 Å². The van der Waals surface area contributed by atoms with Gasteiger partial charge in [-0.15, -0.1) is 16.4 Å². The second-order valence-corrected chi connectivity index (χ2v) is 9.75. The van der Waals surface area contributed by atoms with Crippen LogP contribution in [0.25, 0.3) is 5.69 Å². The zero-order chi connectivity index (χ0) is 20.6. The molecule has 1 aliphatic heterocycles. The Labute approximate surface area is 171 Å². The number of hydrogen-bond acceptors (Lipinski definition) is 8. The van der Waals surface area contributed by atoms with Crippen molar-refractivity contribution in [3.05, 3.63) is 46.7 Å². The minimum Gasteiger partial charge on any atom is -0.298 e. The third-order valence-electron chi connectivity index (χ3n) is 4.43. The Bertz CT molecular complexity index is 1140. The molecule has 0 saturated carbocycles. The topological polar surface area (TPSA) is 126 Å². The monoisotopic (exact) mass is 434 g/mol. The van der Waals surface area contributed by atoms with Crippen molar-refractivity contribution in [1.29, 1.82) is 0 Å². The van der Waals surface area contributed by atoms with Crippen molar-refractivity contribution in [1.82, 2.24) is 33.8 Å². The molecule has 0 atom stereocenters. The van der Waals surface area contributed by atoms with Crippen LogP contribution in [0.1, 0.15) is 20.9 Å². The molecule has 0 spiro atoms. The van der Waals surface area contributed by atoms with Crippen molar-refractivity contribution < 1.29 is 13.2 Å². The fourth-order valence-electron chi connectivity index (χ4n) is 2.89. The van der Waals surface area contributed by atoms with Crippen molar-refractivity contribution in [2.24, 2.45) is 0 Å². The standard InChI is InChI=1S/C16H18N8O3S2/c1-22(2)29(26,27)23-7-6-13-14(9-23)28-16(18-13)19-15(25)11-4-3-5-12(8-11)24-10-17-20-21-24/h3-5,8,10H,6-7,9H2,1-2H3,(H,18,19,25). The van der Waals surface area contributed by atoms with Gasteiger partial charge in [-0.1, -0.05) is 6.07 Å². The molecule has 1 aliphatic rings. The van der Waals surface area contributed by atoms with Crippen LogP contribution in [0.2, 0.25) is 0 Å². The van der Waals surface area contributed by atoms with Crippen molar-refractivity contribution >= 4 is 32.6 Å². The lowest BCUT2D eigenvalue weighted by molar-refractivity contribution is 0.102. The molecule has 3 heterocycles. The van der Waals surface area contributed by atoms with E-state index in [1.807, 2.05) is 0 Å².